The lowest BCUT2D eigenvalue weighted by molar-refractivity contribution is 0.284. The second-order valence-corrected chi connectivity index (χ2v) is 8.19. The number of hydrogen-bond donors (Lipinski definition) is 1. The molecule has 0 aliphatic rings. The first-order chi connectivity index (χ1) is 15.1. The summed E-state index contributed by atoms with van der Waals surface area (Å²) >= 11 is 19.0. The van der Waals surface area contributed by atoms with Gasteiger partial charge in [-0.1, -0.05) is 77.3 Å². The molecule has 0 saturated carbocycles. The first kappa shape index (κ1) is 21.6. The Labute approximate surface area is 196 Å². The minimum absolute atomic E-state index is 0.207. The van der Waals surface area contributed by atoms with Gasteiger partial charge in [-0.15, -0.1) is 0 Å². The fraction of sp³-hybridized carbons (Fsp3) is 0.120. The van der Waals surface area contributed by atoms with E-state index in [1.165, 1.54) is 5.39 Å². The lowest BCUT2D eigenvalue weighted by atomic mass is 10.1. The van der Waals surface area contributed by atoms with Crippen molar-refractivity contribution in [3.63, 3.8) is 0 Å². The Bertz CT molecular complexity index is 1200. The van der Waals surface area contributed by atoms with Crippen molar-refractivity contribution in [1.82, 2.24) is 0 Å². The Balaban J connectivity index is 1.53. The zero-order valence-corrected chi connectivity index (χ0v) is 19.1. The highest BCUT2D eigenvalue weighted by Gasteiger charge is 2.13. The second kappa shape index (κ2) is 9.69. The summed E-state index contributed by atoms with van der Waals surface area (Å²) in [4.78, 5) is 0. The first-order valence-electron chi connectivity index (χ1n) is 9.70. The smallest absolute Gasteiger partial charge is 0.163 e. The highest BCUT2D eigenvalue weighted by atomic mass is 35.5. The molecule has 6 heteroatoms. The van der Waals surface area contributed by atoms with Crippen LogP contribution in [0.25, 0.3) is 10.8 Å². The maximum absolute atomic E-state index is 6.56. The summed E-state index contributed by atoms with van der Waals surface area (Å²) in [5.41, 5.74) is 2.65. The number of fused-ring (bicyclic) bond motifs is 1. The van der Waals surface area contributed by atoms with Gasteiger partial charge in [0.05, 0.1) is 7.11 Å². The molecule has 4 aromatic rings. The van der Waals surface area contributed by atoms with Gasteiger partial charge in [0.2, 0.25) is 0 Å². The molecule has 1 N–H and O–H groups in total. The number of hydrogen-bond acceptors (Lipinski definition) is 3. The molecule has 0 bridgehead atoms. The van der Waals surface area contributed by atoms with Crippen molar-refractivity contribution in [3.05, 3.63) is 99.0 Å². The third-order valence-electron chi connectivity index (χ3n) is 5.03. The molecule has 0 aliphatic heterocycles. The normalized spacial score (nSPS) is 10.8. The predicted molar refractivity (Wildman–Crippen MR) is 130 cm³/mol. The Morgan fingerprint density at radius 2 is 1.48 bits per heavy atom. The van der Waals surface area contributed by atoms with Gasteiger partial charge in [0, 0.05) is 44.3 Å². The van der Waals surface area contributed by atoms with Crippen molar-refractivity contribution in [1.29, 1.82) is 0 Å². The predicted octanol–water partition coefficient (Wildman–Crippen LogP) is 8.00. The van der Waals surface area contributed by atoms with Gasteiger partial charge in [-0.05, 0) is 35.2 Å². The van der Waals surface area contributed by atoms with Gasteiger partial charge in [0.25, 0.3) is 0 Å². The third kappa shape index (κ3) is 4.85. The summed E-state index contributed by atoms with van der Waals surface area (Å²) in [7, 11) is 1.60. The van der Waals surface area contributed by atoms with E-state index in [9.17, 15) is 0 Å². The van der Waals surface area contributed by atoms with Crippen molar-refractivity contribution in [2.24, 2.45) is 0 Å². The summed E-state index contributed by atoms with van der Waals surface area (Å²) in [5.74, 6) is 1.11. The van der Waals surface area contributed by atoms with Gasteiger partial charge in [0.1, 0.15) is 6.61 Å². The maximum atomic E-state index is 6.56. The maximum Gasteiger partial charge on any atom is 0.163 e. The molecule has 31 heavy (non-hydrogen) atoms. The molecule has 3 nitrogen and oxygen atoms in total. The highest BCUT2D eigenvalue weighted by Crippen LogP contribution is 2.36. The van der Waals surface area contributed by atoms with Crippen molar-refractivity contribution < 1.29 is 9.47 Å². The van der Waals surface area contributed by atoms with Crippen molar-refractivity contribution in [2.45, 2.75) is 13.2 Å². The molecule has 0 amide bonds. The van der Waals surface area contributed by atoms with Gasteiger partial charge in [-0.3, -0.25) is 0 Å². The molecular weight excluding hydrogens is 453 g/mol. The van der Waals surface area contributed by atoms with Crippen LogP contribution in [0, 0.1) is 0 Å². The summed E-state index contributed by atoms with van der Waals surface area (Å²) in [5, 5.41) is 7.49. The number of rotatable bonds is 7. The SMILES string of the molecule is COc1cc(CNc2cccc3ccccc23)c(Cl)cc1OCc1c(Cl)cccc1Cl. The largest absolute Gasteiger partial charge is 0.493 e. The number of ether oxygens (including phenoxy) is 2. The number of halogens is 3. The molecule has 0 heterocycles. The quantitative estimate of drug-likeness (QED) is 0.295. The van der Waals surface area contributed by atoms with Crippen LogP contribution in [-0.4, -0.2) is 7.11 Å². The zero-order chi connectivity index (χ0) is 21.8. The van der Waals surface area contributed by atoms with Crippen LogP contribution in [0.5, 0.6) is 11.5 Å². The van der Waals surface area contributed by atoms with Crippen LogP contribution in [0.15, 0.2) is 72.8 Å². The fourth-order valence-electron chi connectivity index (χ4n) is 3.38. The molecule has 0 unspecified atom stereocenters. The van der Waals surface area contributed by atoms with E-state index >= 15 is 0 Å². The highest BCUT2D eigenvalue weighted by molar-refractivity contribution is 6.36. The number of methoxy groups -OCH3 is 1. The molecule has 0 atom stereocenters. The molecule has 0 radical (unpaired) electrons. The molecule has 0 aliphatic carbocycles. The van der Waals surface area contributed by atoms with Crippen LogP contribution in [0.4, 0.5) is 5.69 Å². The molecule has 0 aromatic heterocycles. The van der Waals surface area contributed by atoms with Gasteiger partial charge in [-0.25, -0.2) is 0 Å². The van der Waals surface area contributed by atoms with Crippen LogP contribution >= 0.6 is 34.8 Å². The Morgan fingerprint density at radius 1 is 0.774 bits per heavy atom. The molecule has 0 spiro atoms. The molecule has 0 fully saturated rings. The number of benzene rings is 4. The Morgan fingerprint density at radius 3 is 2.26 bits per heavy atom. The number of anilines is 1. The van der Waals surface area contributed by atoms with Crippen LogP contribution < -0.4 is 14.8 Å². The molecule has 4 aromatic carbocycles. The average Bonchev–Trinajstić information content (AvgIpc) is 2.78. The summed E-state index contributed by atoms with van der Waals surface area (Å²) in [6.07, 6.45) is 0. The molecule has 158 valence electrons. The van der Waals surface area contributed by atoms with Crippen LogP contribution in [0.1, 0.15) is 11.1 Å². The van der Waals surface area contributed by atoms with Gasteiger partial charge < -0.3 is 14.8 Å². The minimum atomic E-state index is 0.207. The summed E-state index contributed by atoms with van der Waals surface area (Å²) in [6.45, 7) is 0.749. The topological polar surface area (TPSA) is 30.5 Å². The van der Waals surface area contributed by atoms with Crippen molar-refractivity contribution in [3.8, 4) is 11.5 Å². The lowest BCUT2D eigenvalue weighted by Crippen LogP contribution is -2.03. The standard InChI is InChI=1S/C25H20Cl3NO2/c1-30-24-12-17(14-29-23-11-4-7-16-6-2-3-8-18(16)23)22(28)13-25(24)31-15-19-20(26)9-5-10-21(19)27/h2-13,29H,14-15H2,1H3. The van der Waals surface area contributed by atoms with Crippen LogP contribution in [0.2, 0.25) is 15.1 Å². The van der Waals surface area contributed by atoms with Crippen molar-refractivity contribution >= 4 is 51.3 Å². The molecule has 0 saturated heterocycles. The van der Waals surface area contributed by atoms with E-state index < -0.39 is 0 Å². The van der Waals surface area contributed by atoms with E-state index in [4.69, 9.17) is 44.3 Å². The molecular formula is C25H20Cl3NO2. The van der Waals surface area contributed by atoms with Crippen LogP contribution in [-0.2, 0) is 13.2 Å². The fourth-order valence-corrected chi connectivity index (χ4v) is 4.10. The van der Waals surface area contributed by atoms with E-state index in [1.54, 1.807) is 31.4 Å². The molecule has 4 rings (SSSR count). The van der Waals surface area contributed by atoms with E-state index in [2.05, 4.69) is 29.6 Å². The Kier molecular flexibility index (Phi) is 6.77. The summed E-state index contributed by atoms with van der Waals surface area (Å²) in [6, 6.07) is 23.4. The summed E-state index contributed by atoms with van der Waals surface area (Å²) < 4.78 is 11.5. The van der Waals surface area contributed by atoms with Gasteiger partial charge >= 0.3 is 0 Å². The van der Waals surface area contributed by atoms with Gasteiger partial charge in [-0.2, -0.15) is 0 Å². The number of nitrogens with one attached hydrogen (secondary N) is 1. The minimum Gasteiger partial charge on any atom is -0.493 e. The van der Waals surface area contributed by atoms with Crippen molar-refractivity contribution in [2.75, 3.05) is 12.4 Å². The van der Waals surface area contributed by atoms with Gasteiger partial charge in [0.15, 0.2) is 11.5 Å². The van der Waals surface area contributed by atoms with E-state index in [0.717, 1.165) is 16.6 Å². The third-order valence-corrected chi connectivity index (χ3v) is 6.09. The lowest BCUT2D eigenvalue weighted by Gasteiger charge is -2.16. The Hall–Kier alpha value is -2.59. The first-order valence-corrected chi connectivity index (χ1v) is 10.8. The van der Waals surface area contributed by atoms with E-state index in [1.807, 2.05) is 24.3 Å². The van der Waals surface area contributed by atoms with Crippen LogP contribution in [0.3, 0.4) is 0 Å². The monoisotopic (exact) mass is 471 g/mol. The second-order valence-electron chi connectivity index (χ2n) is 6.96. The van der Waals surface area contributed by atoms with E-state index in [-0.39, 0.29) is 6.61 Å². The zero-order valence-electron chi connectivity index (χ0n) is 16.8. The average molecular weight is 473 g/mol. The van der Waals surface area contributed by atoms with E-state index in [0.29, 0.717) is 38.7 Å².